The molecule has 1 aromatic carbocycles. The van der Waals surface area contributed by atoms with Gasteiger partial charge < -0.3 is 19.1 Å². The first-order valence-corrected chi connectivity index (χ1v) is 9.77. The van der Waals surface area contributed by atoms with Gasteiger partial charge in [0.15, 0.2) is 11.6 Å². The van der Waals surface area contributed by atoms with E-state index in [4.69, 9.17) is 4.74 Å². The van der Waals surface area contributed by atoms with Crippen molar-refractivity contribution in [1.29, 1.82) is 0 Å². The van der Waals surface area contributed by atoms with Crippen LogP contribution in [-0.4, -0.2) is 58.9 Å². The van der Waals surface area contributed by atoms with Crippen molar-refractivity contribution in [2.45, 2.75) is 13.3 Å². The Morgan fingerprint density at radius 1 is 1.00 bits per heavy atom. The minimum absolute atomic E-state index is 0.156. The maximum atomic E-state index is 12.7. The van der Waals surface area contributed by atoms with Crippen molar-refractivity contribution in [3.8, 4) is 11.6 Å². The summed E-state index contributed by atoms with van der Waals surface area (Å²) in [5, 5.41) is 8.67. The number of ether oxygens (including phenoxy) is 1. The maximum Gasteiger partial charge on any atom is 0.227 e. The van der Waals surface area contributed by atoms with Crippen LogP contribution in [0.4, 0.5) is 5.82 Å². The Morgan fingerprint density at radius 2 is 1.69 bits per heavy atom. The zero-order valence-electron chi connectivity index (χ0n) is 16.8. The number of aromatic nitrogens is 3. The number of carbonyl (C=O) groups excluding carboxylic acids is 1. The summed E-state index contributed by atoms with van der Waals surface area (Å²) in [4.78, 5) is 16.8. The van der Waals surface area contributed by atoms with Crippen molar-refractivity contribution in [3.63, 3.8) is 0 Å². The second kappa shape index (κ2) is 8.34. The van der Waals surface area contributed by atoms with Gasteiger partial charge in [0.05, 0.1) is 13.5 Å². The minimum Gasteiger partial charge on any atom is -0.496 e. The molecule has 1 fully saturated rings. The van der Waals surface area contributed by atoms with Gasteiger partial charge in [-0.25, -0.2) is 0 Å². The predicted octanol–water partition coefficient (Wildman–Crippen LogP) is 2.48. The van der Waals surface area contributed by atoms with E-state index in [2.05, 4.69) is 15.1 Å². The third-order valence-corrected chi connectivity index (χ3v) is 5.28. The Labute approximate surface area is 170 Å². The van der Waals surface area contributed by atoms with E-state index in [0.29, 0.717) is 19.5 Å². The van der Waals surface area contributed by atoms with Crippen LogP contribution in [0.2, 0.25) is 0 Å². The summed E-state index contributed by atoms with van der Waals surface area (Å²) in [6.45, 7) is 4.88. The average Bonchev–Trinajstić information content (AvgIpc) is 3.29. The lowest BCUT2D eigenvalue weighted by Gasteiger charge is -2.35. The number of methoxy groups -OCH3 is 1. The summed E-state index contributed by atoms with van der Waals surface area (Å²) in [5.74, 6) is 2.64. The van der Waals surface area contributed by atoms with Crippen LogP contribution in [0, 0.1) is 6.92 Å². The number of hydrogen-bond acceptors (Lipinski definition) is 5. The van der Waals surface area contributed by atoms with E-state index in [9.17, 15) is 4.79 Å². The van der Waals surface area contributed by atoms with Crippen LogP contribution in [-0.2, 0) is 11.2 Å². The Bertz CT molecular complexity index is 961. The van der Waals surface area contributed by atoms with E-state index in [0.717, 1.165) is 41.6 Å². The molecule has 1 amide bonds. The molecule has 0 N–H and O–H groups in total. The number of hydrogen-bond donors (Lipinski definition) is 0. The molecule has 7 heteroatoms. The van der Waals surface area contributed by atoms with Crippen LogP contribution in [0.3, 0.4) is 0 Å². The van der Waals surface area contributed by atoms with Gasteiger partial charge in [-0.2, -0.15) is 0 Å². The molecule has 1 aliphatic heterocycles. The van der Waals surface area contributed by atoms with E-state index in [1.54, 1.807) is 7.11 Å². The normalized spacial score (nSPS) is 14.1. The van der Waals surface area contributed by atoms with Crippen molar-refractivity contribution in [1.82, 2.24) is 19.7 Å². The molecule has 0 atom stereocenters. The van der Waals surface area contributed by atoms with Crippen molar-refractivity contribution in [3.05, 3.63) is 66.0 Å². The summed E-state index contributed by atoms with van der Waals surface area (Å²) < 4.78 is 7.22. The molecule has 29 heavy (non-hydrogen) atoms. The van der Waals surface area contributed by atoms with E-state index in [-0.39, 0.29) is 5.91 Å². The number of piperazine rings is 1. The Hall–Kier alpha value is -3.35. The topological polar surface area (TPSA) is 63.5 Å². The summed E-state index contributed by atoms with van der Waals surface area (Å²) in [6, 6.07) is 13.8. The quantitative estimate of drug-likeness (QED) is 0.669. The molecule has 3 aromatic rings. The molecular weight excluding hydrogens is 366 g/mol. The van der Waals surface area contributed by atoms with Gasteiger partial charge in [0.25, 0.3) is 0 Å². The number of carbonyl (C=O) groups is 1. The largest absolute Gasteiger partial charge is 0.496 e. The first-order valence-electron chi connectivity index (χ1n) is 9.77. The minimum atomic E-state index is 0.156. The summed E-state index contributed by atoms with van der Waals surface area (Å²) in [7, 11) is 1.66. The number of nitrogens with zero attached hydrogens (tertiary/aromatic N) is 5. The fraction of sp³-hybridized carbons (Fsp3) is 0.318. The standard InChI is InChI=1S/C22H25N5O2/c1-17-15-18(5-6-19(17)29-2)16-22(28)27-13-11-26(12-14-27)21-8-7-20(23-24-21)25-9-3-4-10-25/h3-10,15H,11-14,16H2,1-2H3. The molecule has 150 valence electrons. The molecule has 7 nitrogen and oxygen atoms in total. The highest BCUT2D eigenvalue weighted by Crippen LogP contribution is 2.20. The zero-order chi connectivity index (χ0) is 20.2. The maximum absolute atomic E-state index is 12.7. The molecule has 1 aliphatic rings. The molecule has 0 bridgehead atoms. The van der Waals surface area contributed by atoms with Gasteiger partial charge >= 0.3 is 0 Å². The molecule has 4 rings (SSSR count). The van der Waals surface area contributed by atoms with E-state index in [1.807, 2.05) is 71.2 Å². The lowest BCUT2D eigenvalue weighted by atomic mass is 10.1. The summed E-state index contributed by atoms with van der Waals surface area (Å²) in [5.41, 5.74) is 2.06. The molecule has 0 unspecified atom stereocenters. The molecule has 0 aliphatic carbocycles. The molecule has 3 heterocycles. The summed E-state index contributed by atoms with van der Waals surface area (Å²) >= 11 is 0. The fourth-order valence-corrected chi connectivity index (χ4v) is 3.63. The molecular formula is C22H25N5O2. The highest BCUT2D eigenvalue weighted by molar-refractivity contribution is 5.79. The van der Waals surface area contributed by atoms with Crippen LogP contribution in [0.15, 0.2) is 54.9 Å². The second-order valence-corrected chi connectivity index (χ2v) is 7.19. The fourth-order valence-electron chi connectivity index (χ4n) is 3.63. The lowest BCUT2D eigenvalue weighted by molar-refractivity contribution is -0.130. The van der Waals surface area contributed by atoms with Crippen molar-refractivity contribution < 1.29 is 9.53 Å². The van der Waals surface area contributed by atoms with E-state index in [1.165, 1.54) is 0 Å². The first kappa shape index (κ1) is 19.0. The Balaban J connectivity index is 1.33. The molecule has 0 radical (unpaired) electrons. The van der Waals surface area contributed by atoms with Crippen LogP contribution in [0.1, 0.15) is 11.1 Å². The van der Waals surface area contributed by atoms with Crippen molar-refractivity contribution in [2.75, 3.05) is 38.2 Å². The van der Waals surface area contributed by atoms with E-state index >= 15 is 0 Å². The predicted molar refractivity (Wildman–Crippen MR) is 112 cm³/mol. The third-order valence-electron chi connectivity index (χ3n) is 5.28. The van der Waals surface area contributed by atoms with Gasteiger partial charge in [-0.15, -0.1) is 10.2 Å². The first-order chi connectivity index (χ1) is 14.1. The Morgan fingerprint density at radius 3 is 2.31 bits per heavy atom. The van der Waals surface area contributed by atoms with Crippen LogP contribution in [0.25, 0.3) is 5.82 Å². The third kappa shape index (κ3) is 4.23. The van der Waals surface area contributed by atoms with Gasteiger partial charge in [0.2, 0.25) is 5.91 Å². The molecule has 0 spiro atoms. The van der Waals surface area contributed by atoms with Gasteiger partial charge in [-0.3, -0.25) is 4.79 Å². The number of amides is 1. The molecule has 2 aromatic heterocycles. The van der Waals surface area contributed by atoms with Crippen molar-refractivity contribution >= 4 is 11.7 Å². The van der Waals surface area contributed by atoms with Crippen molar-refractivity contribution in [2.24, 2.45) is 0 Å². The summed E-state index contributed by atoms with van der Waals surface area (Å²) in [6.07, 6.45) is 4.30. The zero-order valence-corrected chi connectivity index (χ0v) is 16.8. The van der Waals surface area contributed by atoms with Crippen LogP contribution < -0.4 is 9.64 Å². The smallest absolute Gasteiger partial charge is 0.227 e. The average molecular weight is 391 g/mol. The van der Waals surface area contributed by atoms with Crippen LogP contribution >= 0.6 is 0 Å². The van der Waals surface area contributed by atoms with Gasteiger partial charge in [-0.1, -0.05) is 12.1 Å². The number of rotatable bonds is 5. The number of benzene rings is 1. The second-order valence-electron chi connectivity index (χ2n) is 7.19. The van der Waals surface area contributed by atoms with E-state index < -0.39 is 0 Å². The SMILES string of the molecule is COc1ccc(CC(=O)N2CCN(c3ccc(-n4cccc4)nn3)CC2)cc1C. The lowest BCUT2D eigenvalue weighted by Crippen LogP contribution is -2.49. The Kier molecular flexibility index (Phi) is 5.46. The number of anilines is 1. The highest BCUT2D eigenvalue weighted by atomic mass is 16.5. The van der Waals surface area contributed by atoms with Crippen LogP contribution in [0.5, 0.6) is 5.75 Å². The monoisotopic (exact) mass is 391 g/mol. The highest BCUT2D eigenvalue weighted by Gasteiger charge is 2.22. The van der Waals surface area contributed by atoms with Gasteiger partial charge in [0.1, 0.15) is 5.75 Å². The number of aryl methyl sites for hydroxylation is 1. The molecule has 1 saturated heterocycles. The van der Waals surface area contributed by atoms with Gasteiger partial charge in [0, 0.05) is 38.6 Å². The van der Waals surface area contributed by atoms with Gasteiger partial charge in [-0.05, 0) is 48.4 Å². The molecule has 0 saturated carbocycles.